The minimum Gasteiger partial charge on any atom is -0.491 e. The number of hydrogen-bond acceptors (Lipinski definition) is 7. The zero-order valence-electron chi connectivity index (χ0n) is 17.4. The van der Waals surface area contributed by atoms with Gasteiger partial charge in [-0.2, -0.15) is 0 Å². The van der Waals surface area contributed by atoms with Crippen LogP contribution in [-0.4, -0.2) is 65.3 Å². The monoisotopic (exact) mass is 431 g/mol. The van der Waals surface area contributed by atoms with Gasteiger partial charge in [0, 0.05) is 33.3 Å². The van der Waals surface area contributed by atoms with Crippen LogP contribution in [0, 0.1) is 6.92 Å². The van der Waals surface area contributed by atoms with Gasteiger partial charge >= 0.3 is 0 Å². The van der Waals surface area contributed by atoms with Crippen LogP contribution < -0.4 is 10.2 Å². The van der Waals surface area contributed by atoms with Gasteiger partial charge in [-0.05, 0) is 49.7 Å². The lowest BCUT2D eigenvalue weighted by Crippen LogP contribution is -2.41. The molecular weight excluding hydrogens is 402 g/mol. The van der Waals surface area contributed by atoms with Gasteiger partial charge < -0.3 is 20.1 Å². The molecule has 0 radical (unpaired) electrons. The molecule has 2 atom stereocenters. The lowest BCUT2D eigenvalue weighted by atomic mass is 10.1. The summed E-state index contributed by atoms with van der Waals surface area (Å²) >= 11 is 1.59. The van der Waals surface area contributed by atoms with Gasteiger partial charge in [0.15, 0.2) is 5.43 Å². The first kappa shape index (κ1) is 22.7. The zero-order chi connectivity index (χ0) is 21.7. The summed E-state index contributed by atoms with van der Waals surface area (Å²) in [5, 5.41) is 30.5. The SMILES string of the molecule is CCCN(CC(O)CO)CC(O)COc1cc(C)c2sc3ccccc3c(=O)c2c1. The Morgan fingerprint density at radius 1 is 1.10 bits per heavy atom. The molecule has 162 valence electrons. The van der Waals surface area contributed by atoms with Gasteiger partial charge in [-0.15, -0.1) is 11.3 Å². The summed E-state index contributed by atoms with van der Waals surface area (Å²) in [7, 11) is 0. The molecule has 30 heavy (non-hydrogen) atoms. The molecule has 2 aromatic carbocycles. The molecule has 0 bridgehead atoms. The molecule has 1 aromatic heterocycles. The highest BCUT2D eigenvalue weighted by Gasteiger charge is 2.16. The fraction of sp³-hybridized carbons (Fsp3) is 0.435. The molecule has 0 aliphatic rings. The van der Waals surface area contributed by atoms with E-state index in [1.165, 1.54) is 0 Å². The molecule has 0 saturated carbocycles. The number of aliphatic hydroxyl groups is 3. The number of rotatable bonds is 10. The molecule has 0 saturated heterocycles. The summed E-state index contributed by atoms with van der Waals surface area (Å²) in [6.45, 7) is 5.07. The molecular formula is C23H29NO5S. The van der Waals surface area contributed by atoms with Crippen molar-refractivity contribution in [3.05, 3.63) is 52.2 Å². The minimum atomic E-state index is -0.834. The molecule has 0 aliphatic heterocycles. The van der Waals surface area contributed by atoms with Crippen molar-refractivity contribution in [2.75, 3.05) is 32.8 Å². The first-order chi connectivity index (χ1) is 14.4. The number of nitrogens with zero attached hydrogens (tertiary/aromatic N) is 1. The lowest BCUT2D eigenvalue weighted by molar-refractivity contribution is 0.0272. The number of aliphatic hydroxyl groups excluding tert-OH is 3. The fourth-order valence-corrected chi connectivity index (χ4v) is 4.72. The van der Waals surface area contributed by atoms with Crippen molar-refractivity contribution in [1.82, 2.24) is 4.90 Å². The lowest BCUT2D eigenvalue weighted by Gasteiger charge is -2.26. The van der Waals surface area contributed by atoms with Crippen LogP contribution in [0.3, 0.4) is 0 Å². The normalized spacial score (nSPS) is 13.8. The van der Waals surface area contributed by atoms with Crippen LogP contribution in [0.15, 0.2) is 41.2 Å². The Balaban J connectivity index is 1.75. The molecule has 3 rings (SSSR count). The zero-order valence-corrected chi connectivity index (χ0v) is 18.2. The molecule has 7 heteroatoms. The highest BCUT2D eigenvalue weighted by atomic mass is 32.1. The predicted octanol–water partition coefficient (Wildman–Crippen LogP) is 2.53. The van der Waals surface area contributed by atoms with Gasteiger partial charge in [0.2, 0.25) is 0 Å². The second kappa shape index (κ2) is 10.3. The van der Waals surface area contributed by atoms with Crippen molar-refractivity contribution < 1.29 is 20.1 Å². The van der Waals surface area contributed by atoms with Gasteiger partial charge in [0.25, 0.3) is 0 Å². The van der Waals surface area contributed by atoms with Gasteiger partial charge in [-0.25, -0.2) is 0 Å². The third kappa shape index (κ3) is 5.36. The first-order valence-electron chi connectivity index (χ1n) is 10.2. The summed E-state index contributed by atoms with van der Waals surface area (Å²) < 4.78 is 7.72. The van der Waals surface area contributed by atoms with Gasteiger partial charge in [0.1, 0.15) is 18.5 Å². The highest BCUT2D eigenvalue weighted by molar-refractivity contribution is 7.24. The predicted molar refractivity (Wildman–Crippen MR) is 122 cm³/mol. The van der Waals surface area contributed by atoms with Crippen molar-refractivity contribution in [3.8, 4) is 5.75 Å². The van der Waals surface area contributed by atoms with Crippen molar-refractivity contribution in [3.63, 3.8) is 0 Å². The molecule has 6 nitrogen and oxygen atoms in total. The number of aryl methyl sites for hydroxylation is 1. The standard InChI is InChI=1S/C23H29NO5S/c1-3-8-24(11-16(26)13-25)12-17(27)14-29-18-9-15(2)23-20(10-18)22(28)19-6-4-5-7-21(19)30-23/h4-7,9-10,16-17,25-27H,3,8,11-14H2,1-2H3. The van der Waals surface area contributed by atoms with Crippen molar-refractivity contribution in [2.24, 2.45) is 0 Å². The molecule has 2 unspecified atom stereocenters. The maximum Gasteiger partial charge on any atom is 0.196 e. The van der Waals surface area contributed by atoms with Crippen LogP contribution in [0.4, 0.5) is 0 Å². The summed E-state index contributed by atoms with van der Waals surface area (Å²) in [6, 6.07) is 11.2. The topological polar surface area (TPSA) is 90.2 Å². The number of ether oxygens (including phenoxy) is 1. The maximum atomic E-state index is 12.9. The van der Waals surface area contributed by atoms with E-state index in [4.69, 9.17) is 9.84 Å². The second-order valence-corrected chi connectivity index (χ2v) is 8.66. The first-order valence-corrected chi connectivity index (χ1v) is 11.0. The number of hydrogen-bond donors (Lipinski definition) is 3. The molecule has 3 aromatic rings. The quantitative estimate of drug-likeness (QED) is 0.428. The third-order valence-corrected chi connectivity index (χ3v) is 6.29. The van der Waals surface area contributed by atoms with Crippen LogP contribution >= 0.6 is 11.3 Å². The number of fused-ring (bicyclic) bond motifs is 2. The minimum absolute atomic E-state index is 0.0134. The molecule has 1 heterocycles. The fourth-order valence-electron chi connectivity index (χ4n) is 3.60. The Morgan fingerprint density at radius 3 is 2.57 bits per heavy atom. The largest absolute Gasteiger partial charge is 0.491 e. The molecule has 0 spiro atoms. The second-order valence-electron chi connectivity index (χ2n) is 7.61. The Hall–Kier alpha value is -2.03. The average Bonchev–Trinajstić information content (AvgIpc) is 2.73. The van der Waals surface area contributed by atoms with Crippen LogP contribution in [0.25, 0.3) is 20.2 Å². The molecule has 0 aliphatic carbocycles. The summed E-state index contributed by atoms with van der Waals surface area (Å²) in [5.74, 6) is 0.552. The van der Waals surface area contributed by atoms with E-state index in [1.54, 1.807) is 17.4 Å². The van der Waals surface area contributed by atoms with Gasteiger partial charge in [-0.1, -0.05) is 19.1 Å². The van der Waals surface area contributed by atoms with Crippen LogP contribution in [0.2, 0.25) is 0 Å². The molecule has 0 amide bonds. The summed E-state index contributed by atoms with van der Waals surface area (Å²) in [4.78, 5) is 14.8. The Morgan fingerprint density at radius 2 is 1.83 bits per heavy atom. The van der Waals surface area contributed by atoms with Gasteiger partial charge in [-0.3, -0.25) is 9.69 Å². The van der Waals surface area contributed by atoms with E-state index in [2.05, 4.69) is 0 Å². The number of benzene rings is 2. The van der Waals surface area contributed by atoms with E-state index < -0.39 is 12.2 Å². The smallest absolute Gasteiger partial charge is 0.196 e. The molecule has 0 fully saturated rings. The average molecular weight is 432 g/mol. The van der Waals surface area contributed by atoms with E-state index in [9.17, 15) is 15.0 Å². The van der Waals surface area contributed by atoms with E-state index in [1.807, 2.05) is 49.1 Å². The Bertz CT molecular complexity index is 1050. The summed E-state index contributed by atoms with van der Waals surface area (Å²) in [6.07, 6.45) is -0.722. The van der Waals surface area contributed by atoms with Gasteiger partial charge in [0.05, 0.1) is 12.7 Å². The maximum absolute atomic E-state index is 12.9. The Kier molecular flexibility index (Phi) is 7.80. The van der Waals surface area contributed by atoms with Crippen LogP contribution in [0.5, 0.6) is 5.75 Å². The summed E-state index contributed by atoms with van der Waals surface area (Å²) in [5.41, 5.74) is 0.948. The van der Waals surface area contributed by atoms with Crippen molar-refractivity contribution >= 4 is 31.5 Å². The van der Waals surface area contributed by atoms with E-state index in [0.29, 0.717) is 36.2 Å². The van der Waals surface area contributed by atoms with E-state index >= 15 is 0 Å². The van der Waals surface area contributed by atoms with Crippen LogP contribution in [-0.2, 0) is 0 Å². The Labute approximate surface area is 180 Å². The van der Waals surface area contributed by atoms with Crippen molar-refractivity contribution in [1.29, 1.82) is 0 Å². The third-order valence-electron chi connectivity index (χ3n) is 4.97. The van der Waals surface area contributed by atoms with E-state index in [-0.39, 0.29) is 18.6 Å². The van der Waals surface area contributed by atoms with E-state index in [0.717, 1.165) is 21.4 Å². The van der Waals surface area contributed by atoms with Crippen LogP contribution in [0.1, 0.15) is 18.9 Å². The highest BCUT2D eigenvalue weighted by Crippen LogP contribution is 2.30. The molecule has 3 N–H and O–H groups in total. The van der Waals surface area contributed by atoms with Crippen molar-refractivity contribution in [2.45, 2.75) is 32.5 Å².